The topological polar surface area (TPSA) is 66.5 Å². The Bertz CT molecular complexity index is 856. The number of aryl methyl sites for hydroxylation is 2. The summed E-state index contributed by atoms with van der Waals surface area (Å²) in [5, 5.41) is 2.89. The molecular formula is C20H22N2O3S. The summed E-state index contributed by atoms with van der Waals surface area (Å²) in [6.45, 7) is 4.78. The predicted octanol–water partition coefficient (Wildman–Crippen LogP) is 3.31. The number of hydrogen-bond donors (Lipinski definition) is 1. The van der Waals surface area contributed by atoms with E-state index < -0.39 is 0 Å². The molecule has 0 spiro atoms. The number of imide groups is 1. The van der Waals surface area contributed by atoms with Crippen LogP contribution in [0.15, 0.2) is 30.3 Å². The summed E-state index contributed by atoms with van der Waals surface area (Å²) in [4.78, 5) is 40.4. The zero-order chi connectivity index (χ0) is 18.7. The van der Waals surface area contributed by atoms with Crippen LogP contribution in [-0.2, 0) is 17.8 Å². The maximum absolute atomic E-state index is 12.4. The maximum Gasteiger partial charge on any atom is 0.261 e. The molecule has 0 fully saturated rings. The van der Waals surface area contributed by atoms with E-state index in [1.807, 2.05) is 19.1 Å². The Balaban J connectivity index is 1.47. The van der Waals surface area contributed by atoms with E-state index in [4.69, 9.17) is 0 Å². The second-order valence-electron chi connectivity index (χ2n) is 6.41. The van der Waals surface area contributed by atoms with Crippen molar-refractivity contribution < 1.29 is 14.4 Å². The van der Waals surface area contributed by atoms with Crippen LogP contribution in [-0.4, -0.2) is 29.2 Å². The molecule has 6 heteroatoms. The molecule has 3 amide bonds. The smallest absolute Gasteiger partial charge is 0.261 e. The third kappa shape index (κ3) is 3.85. The van der Waals surface area contributed by atoms with Crippen molar-refractivity contribution in [3.63, 3.8) is 0 Å². The molecule has 0 saturated carbocycles. The number of fused-ring (bicyclic) bond motifs is 1. The first-order valence-corrected chi connectivity index (χ1v) is 9.62. The Morgan fingerprint density at radius 2 is 1.81 bits per heavy atom. The number of rotatable bonds is 7. The summed E-state index contributed by atoms with van der Waals surface area (Å²) in [5.41, 5.74) is 1.87. The van der Waals surface area contributed by atoms with Crippen molar-refractivity contribution in [3.8, 4) is 0 Å². The Hall–Kier alpha value is -2.47. The lowest BCUT2D eigenvalue weighted by Crippen LogP contribution is -2.32. The highest BCUT2D eigenvalue weighted by Gasteiger charge is 2.34. The number of thiophene rings is 1. The molecular weight excluding hydrogens is 348 g/mol. The van der Waals surface area contributed by atoms with E-state index in [1.54, 1.807) is 23.5 Å². The third-order valence-electron chi connectivity index (χ3n) is 4.44. The predicted molar refractivity (Wildman–Crippen MR) is 101 cm³/mol. The SMILES string of the molecule is CCc1ccc(CNC(=O)CCCN2C(=O)c3ccc(C)cc3C2=O)s1. The van der Waals surface area contributed by atoms with E-state index in [9.17, 15) is 14.4 Å². The Morgan fingerprint density at radius 1 is 1.08 bits per heavy atom. The van der Waals surface area contributed by atoms with E-state index in [-0.39, 0.29) is 24.3 Å². The summed E-state index contributed by atoms with van der Waals surface area (Å²) in [5.74, 6) is -0.597. The molecule has 2 aromatic rings. The van der Waals surface area contributed by atoms with Crippen LogP contribution in [0, 0.1) is 6.92 Å². The number of hydrogen-bond acceptors (Lipinski definition) is 4. The van der Waals surface area contributed by atoms with Crippen molar-refractivity contribution in [1.82, 2.24) is 10.2 Å². The third-order valence-corrected chi connectivity index (χ3v) is 5.67. The lowest BCUT2D eigenvalue weighted by atomic mass is 10.1. The number of nitrogens with one attached hydrogen (secondary N) is 1. The van der Waals surface area contributed by atoms with Crippen molar-refractivity contribution in [1.29, 1.82) is 0 Å². The second kappa shape index (κ2) is 7.83. The minimum absolute atomic E-state index is 0.0658. The molecule has 1 aliphatic rings. The van der Waals surface area contributed by atoms with Gasteiger partial charge >= 0.3 is 0 Å². The first kappa shape index (κ1) is 18.3. The summed E-state index contributed by atoms with van der Waals surface area (Å²) < 4.78 is 0. The van der Waals surface area contributed by atoms with Crippen LogP contribution in [0.4, 0.5) is 0 Å². The van der Waals surface area contributed by atoms with Crippen molar-refractivity contribution in [3.05, 3.63) is 56.8 Å². The fourth-order valence-electron chi connectivity index (χ4n) is 2.99. The van der Waals surface area contributed by atoms with Gasteiger partial charge in [-0.1, -0.05) is 18.6 Å². The zero-order valence-corrected chi connectivity index (χ0v) is 15.8. The van der Waals surface area contributed by atoms with Gasteiger partial charge in [0.05, 0.1) is 17.7 Å². The van der Waals surface area contributed by atoms with Crippen LogP contribution in [0.2, 0.25) is 0 Å². The van der Waals surface area contributed by atoms with Crippen LogP contribution in [0.25, 0.3) is 0 Å². The Morgan fingerprint density at radius 3 is 2.54 bits per heavy atom. The van der Waals surface area contributed by atoms with Crippen LogP contribution in [0.5, 0.6) is 0 Å². The summed E-state index contributed by atoms with van der Waals surface area (Å²) >= 11 is 1.70. The van der Waals surface area contributed by atoms with Gasteiger partial charge in [-0.05, 0) is 44.0 Å². The van der Waals surface area contributed by atoms with Gasteiger partial charge in [-0.15, -0.1) is 11.3 Å². The van der Waals surface area contributed by atoms with Crippen molar-refractivity contribution in [2.24, 2.45) is 0 Å². The van der Waals surface area contributed by atoms with Crippen molar-refractivity contribution >= 4 is 29.1 Å². The summed E-state index contributed by atoms with van der Waals surface area (Å²) in [7, 11) is 0. The van der Waals surface area contributed by atoms with Crippen molar-refractivity contribution in [2.75, 3.05) is 6.54 Å². The highest BCUT2D eigenvalue weighted by molar-refractivity contribution is 7.11. The molecule has 136 valence electrons. The molecule has 2 heterocycles. The van der Waals surface area contributed by atoms with Gasteiger partial charge in [0.25, 0.3) is 11.8 Å². The molecule has 0 saturated heterocycles. The first-order chi connectivity index (χ1) is 12.5. The van der Waals surface area contributed by atoms with Gasteiger partial charge < -0.3 is 5.32 Å². The van der Waals surface area contributed by atoms with Gasteiger partial charge in [0.2, 0.25) is 5.91 Å². The number of carbonyl (C=O) groups is 3. The standard InChI is InChI=1S/C20H22N2O3S/c1-3-14-7-8-15(26-14)12-21-18(23)5-4-10-22-19(24)16-9-6-13(2)11-17(16)20(22)25/h6-9,11H,3-5,10,12H2,1-2H3,(H,21,23). The van der Waals surface area contributed by atoms with E-state index in [0.29, 0.717) is 30.5 Å². The normalized spacial score (nSPS) is 13.2. The molecule has 0 atom stereocenters. The number of nitrogens with zero attached hydrogens (tertiary/aromatic N) is 1. The molecule has 1 aliphatic heterocycles. The minimum Gasteiger partial charge on any atom is -0.351 e. The Labute approximate surface area is 157 Å². The molecule has 1 aromatic heterocycles. The molecule has 26 heavy (non-hydrogen) atoms. The van der Waals surface area contributed by atoms with Gasteiger partial charge in [0.15, 0.2) is 0 Å². The molecule has 0 bridgehead atoms. The minimum atomic E-state index is -0.268. The lowest BCUT2D eigenvalue weighted by Gasteiger charge is -2.13. The van der Waals surface area contributed by atoms with Crippen LogP contribution in [0.1, 0.15) is 55.8 Å². The number of amides is 3. The molecule has 0 radical (unpaired) electrons. The Kier molecular flexibility index (Phi) is 5.52. The molecule has 0 aliphatic carbocycles. The fraction of sp³-hybridized carbons (Fsp3) is 0.350. The van der Waals surface area contributed by atoms with Gasteiger partial charge in [-0.25, -0.2) is 0 Å². The van der Waals surface area contributed by atoms with Gasteiger partial charge in [0, 0.05) is 22.7 Å². The van der Waals surface area contributed by atoms with Crippen LogP contribution < -0.4 is 5.32 Å². The maximum atomic E-state index is 12.4. The monoisotopic (exact) mass is 370 g/mol. The summed E-state index contributed by atoms with van der Waals surface area (Å²) in [6, 6.07) is 9.38. The molecule has 3 rings (SSSR count). The van der Waals surface area contributed by atoms with E-state index in [1.165, 1.54) is 9.78 Å². The molecule has 1 aromatic carbocycles. The van der Waals surface area contributed by atoms with Gasteiger partial charge in [-0.3, -0.25) is 19.3 Å². The largest absolute Gasteiger partial charge is 0.351 e. The first-order valence-electron chi connectivity index (χ1n) is 8.80. The average Bonchev–Trinajstić information content (AvgIpc) is 3.18. The number of carbonyl (C=O) groups excluding carboxylic acids is 3. The highest BCUT2D eigenvalue weighted by atomic mass is 32.1. The quantitative estimate of drug-likeness (QED) is 0.761. The van der Waals surface area contributed by atoms with Crippen LogP contribution >= 0.6 is 11.3 Å². The van der Waals surface area contributed by atoms with E-state index in [2.05, 4.69) is 18.3 Å². The van der Waals surface area contributed by atoms with Crippen molar-refractivity contribution in [2.45, 2.75) is 39.7 Å². The van der Waals surface area contributed by atoms with E-state index in [0.717, 1.165) is 16.9 Å². The van der Waals surface area contributed by atoms with Crippen LogP contribution in [0.3, 0.4) is 0 Å². The molecule has 1 N–H and O–H groups in total. The zero-order valence-electron chi connectivity index (χ0n) is 15.0. The van der Waals surface area contributed by atoms with Gasteiger partial charge in [-0.2, -0.15) is 0 Å². The highest BCUT2D eigenvalue weighted by Crippen LogP contribution is 2.24. The molecule has 5 nitrogen and oxygen atoms in total. The lowest BCUT2D eigenvalue weighted by molar-refractivity contribution is -0.121. The average molecular weight is 370 g/mol. The molecule has 0 unspecified atom stereocenters. The number of benzene rings is 1. The summed E-state index contributed by atoms with van der Waals surface area (Å²) in [6.07, 6.45) is 1.75. The van der Waals surface area contributed by atoms with Gasteiger partial charge in [0.1, 0.15) is 0 Å². The van der Waals surface area contributed by atoms with E-state index >= 15 is 0 Å². The fourth-order valence-corrected chi connectivity index (χ4v) is 3.88. The second-order valence-corrected chi connectivity index (χ2v) is 7.67.